The van der Waals surface area contributed by atoms with Gasteiger partial charge in [-0.05, 0) is 31.0 Å². The van der Waals surface area contributed by atoms with Gasteiger partial charge in [-0.3, -0.25) is 4.79 Å². The first kappa shape index (κ1) is 9.66. The molecule has 0 atom stereocenters. The van der Waals surface area contributed by atoms with Gasteiger partial charge in [0.1, 0.15) is 5.82 Å². The van der Waals surface area contributed by atoms with E-state index >= 15 is 0 Å². The average Bonchev–Trinajstić information content (AvgIpc) is 2.06. The van der Waals surface area contributed by atoms with E-state index in [4.69, 9.17) is 11.6 Å². The third-order valence-electron chi connectivity index (χ3n) is 2.68. The van der Waals surface area contributed by atoms with Crippen molar-refractivity contribution in [2.75, 3.05) is 0 Å². The van der Waals surface area contributed by atoms with Crippen LogP contribution in [-0.4, -0.2) is 5.78 Å². The zero-order valence-electron chi connectivity index (χ0n) is 7.59. The summed E-state index contributed by atoms with van der Waals surface area (Å²) in [4.78, 5) is 11.7. The Morgan fingerprint density at radius 3 is 2.64 bits per heavy atom. The van der Waals surface area contributed by atoms with Crippen molar-refractivity contribution in [2.45, 2.75) is 19.3 Å². The van der Waals surface area contributed by atoms with Crippen molar-refractivity contribution in [1.82, 2.24) is 0 Å². The predicted molar refractivity (Wildman–Crippen MR) is 53.1 cm³/mol. The largest absolute Gasteiger partial charge is 0.294 e. The van der Waals surface area contributed by atoms with Crippen molar-refractivity contribution in [3.8, 4) is 0 Å². The average molecular weight is 213 g/mol. The number of carbonyl (C=O) groups excluding carboxylic acids is 1. The fraction of sp³-hybridized carbons (Fsp3) is 0.364. The minimum atomic E-state index is -0.475. The van der Waals surface area contributed by atoms with Crippen molar-refractivity contribution in [1.29, 1.82) is 0 Å². The molecule has 1 aromatic carbocycles. The first-order valence-corrected chi connectivity index (χ1v) is 5.05. The lowest BCUT2D eigenvalue weighted by molar-refractivity contribution is 0.0855. The number of carbonyl (C=O) groups is 1. The Morgan fingerprint density at radius 1 is 1.43 bits per heavy atom. The fourth-order valence-electron chi connectivity index (χ4n) is 1.56. The number of benzene rings is 1. The lowest BCUT2D eigenvalue weighted by atomic mass is 9.80. The fourth-order valence-corrected chi connectivity index (χ4v) is 1.74. The zero-order chi connectivity index (χ0) is 10.1. The maximum absolute atomic E-state index is 12.8. The van der Waals surface area contributed by atoms with Crippen molar-refractivity contribution >= 4 is 17.4 Å². The van der Waals surface area contributed by atoms with Gasteiger partial charge in [0.2, 0.25) is 0 Å². The van der Waals surface area contributed by atoms with E-state index in [0.29, 0.717) is 5.56 Å². The van der Waals surface area contributed by atoms with Gasteiger partial charge in [-0.1, -0.05) is 18.0 Å². The lowest BCUT2D eigenvalue weighted by Gasteiger charge is -2.23. The first-order valence-electron chi connectivity index (χ1n) is 4.68. The predicted octanol–water partition coefficient (Wildman–Crippen LogP) is 3.46. The molecule has 3 heteroatoms. The summed E-state index contributed by atoms with van der Waals surface area (Å²) >= 11 is 5.60. The zero-order valence-corrected chi connectivity index (χ0v) is 8.35. The minimum Gasteiger partial charge on any atom is -0.294 e. The van der Waals surface area contributed by atoms with Gasteiger partial charge < -0.3 is 0 Å². The number of ketones is 1. The number of halogens is 2. The summed E-state index contributed by atoms with van der Waals surface area (Å²) in [6.45, 7) is 0. The van der Waals surface area contributed by atoms with Crippen LogP contribution < -0.4 is 0 Å². The summed E-state index contributed by atoms with van der Waals surface area (Å²) in [5.74, 6) is -0.244. The minimum absolute atomic E-state index is 0.0233. The summed E-state index contributed by atoms with van der Waals surface area (Å²) in [6, 6.07) is 4.16. The van der Waals surface area contributed by atoms with E-state index in [9.17, 15) is 9.18 Å². The Morgan fingerprint density at radius 2 is 2.14 bits per heavy atom. The smallest absolute Gasteiger partial charge is 0.165 e. The standard InChI is InChI=1S/C11H10ClFO/c12-9-6-8(4-5-10(9)13)11(14)7-2-1-3-7/h4-7H,1-3H2. The van der Waals surface area contributed by atoms with Crippen molar-refractivity contribution in [3.63, 3.8) is 0 Å². The van der Waals surface area contributed by atoms with E-state index in [0.717, 1.165) is 19.3 Å². The summed E-state index contributed by atoms with van der Waals surface area (Å²) in [7, 11) is 0. The maximum atomic E-state index is 12.8. The Kier molecular flexibility index (Phi) is 2.55. The van der Waals surface area contributed by atoms with Crippen LogP contribution in [0.4, 0.5) is 4.39 Å². The molecular formula is C11H10ClFO. The highest BCUT2D eigenvalue weighted by Crippen LogP contribution is 2.30. The Labute approximate surface area is 86.9 Å². The number of Topliss-reactive ketones (excluding diaryl/α,β-unsaturated/α-hetero) is 1. The second kappa shape index (κ2) is 3.70. The highest BCUT2D eigenvalue weighted by molar-refractivity contribution is 6.31. The Bertz CT molecular complexity index is 372. The van der Waals surface area contributed by atoms with E-state index in [2.05, 4.69) is 0 Å². The highest BCUT2D eigenvalue weighted by Gasteiger charge is 2.26. The molecule has 14 heavy (non-hydrogen) atoms. The lowest BCUT2D eigenvalue weighted by Crippen LogP contribution is -2.21. The van der Waals surface area contributed by atoms with E-state index in [1.54, 1.807) is 0 Å². The molecule has 1 aliphatic carbocycles. The van der Waals surface area contributed by atoms with Gasteiger partial charge in [0.05, 0.1) is 5.02 Å². The third-order valence-corrected chi connectivity index (χ3v) is 2.97. The second-order valence-electron chi connectivity index (χ2n) is 3.62. The molecule has 0 bridgehead atoms. The Hall–Kier alpha value is -0.890. The number of rotatable bonds is 2. The van der Waals surface area contributed by atoms with E-state index in [1.807, 2.05) is 0 Å². The summed E-state index contributed by atoms with van der Waals surface area (Å²) in [5, 5.41) is 0.0233. The molecule has 0 heterocycles. The molecule has 0 N–H and O–H groups in total. The summed E-state index contributed by atoms with van der Waals surface area (Å²) < 4.78 is 12.8. The molecule has 0 spiro atoms. The van der Waals surface area contributed by atoms with Crippen LogP contribution in [0, 0.1) is 11.7 Å². The molecule has 0 saturated heterocycles. The SMILES string of the molecule is O=C(c1ccc(F)c(Cl)c1)C1CCC1. The van der Waals surface area contributed by atoms with Crippen LogP contribution in [0.1, 0.15) is 29.6 Å². The normalized spacial score (nSPS) is 16.4. The third kappa shape index (κ3) is 1.67. The van der Waals surface area contributed by atoms with Gasteiger partial charge in [0.25, 0.3) is 0 Å². The summed E-state index contributed by atoms with van der Waals surface area (Å²) in [6.07, 6.45) is 3.02. The first-order chi connectivity index (χ1) is 6.68. The molecule has 2 rings (SSSR count). The van der Waals surface area contributed by atoms with Crippen LogP contribution in [0.3, 0.4) is 0 Å². The van der Waals surface area contributed by atoms with E-state index in [1.165, 1.54) is 18.2 Å². The van der Waals surface area contributed by atoms with Gasteiger partial charge in [-0.2, -0.15) is 0 Å². The van der Waals surface area contributed by atoms with Gasteiger partial charge in [-0.25, -0.2) is 4.39 Å². The highest BCUT2D eigenvalue weighted by atomic mass is 35.5. The molecule has 1 aliphatic rings. The molecule has 74 valence electrons. The molecule has 0 radical (unpaired) electrons. The molecule has 0 aromatic heterocycles. The van der Waals surface area contributed by atoms with Gasteiger partial charge in [0, 0.05) is 11.5 Å². The molecule has 0 aliphatic heterocycles. The second-order valence-corrected chi connectivity index (χ2v) is 4.03. The van der Waals surface area contributed by atoms with Crippen molar-refractivity contribution < 1.29 is 9.18 Å². The van der Waals surface area contributed by atoms with Crippen LogP contribution in [-0.2, 0) is 0 Å². The van der Waals surface area contributed by atoms with Crippen LogP contribution in [0.15, 0.2) is 18.2 Å². The van der Waals surface area contributed by atoms with E-state index in [-0.39, 0.29) is 16.7 Å². The van der Waals surface area contributed by atoms with E-state index < -0.39 is 5.82 Å². The van der Waals surface area contributed by atoms with Gasteiger partial charge in [-0.15, -0.1) is 0 Å². The monoisotopic (exact) mass is 212 g/mol. The van der Waals surface area contributed by atoms with Crippen molar-refractivity contribution in [3.05, 3.63) is 34.6 Å². The number of hydrogen-bond acceptors (Lipinski definition) is 1. The molecule has 0 amide bonds. The molecule has 1 aromatic rings. The van der Waals surface area contributed by atoms with Crippen LogP contribution >= 0.6 is 11.6 Å². The van der Waals surface area contributed by atoms with Crippen LogP contribution in [0.25, 0.3) is 0 Å². The summed E-state index contributed by atoms with van der Waals surface area (Å²) in [5.41, 5.74) is 0.529. The van der Waals surface area contributed by atoms with Crippen LogP contribution in [0.2, 0.25) is 5.02 Å². The molecular weight excluding hydrogens is 203 g/mol. The van der Waals surface area contributed by atoms with Crippen LogP contribution in [0.5, 0.6) is 0 Å². The molecule has 1 nitrogen and oxygen atoms in total. The number of hydrogen-bond donors (Lipinski definition) is 0. The van der Waals surface area contributed by atoms with Gasteiger partial charge in [0.15, 0.2) is 5.78 Å². The van der Waals surface area contributed by atoms with Gasteiger partial charge >= 0.3 is 0 Å². The quantitative estimate of drug-likeness (QED) is 0.687. The topological polar surface area (TPSA) is 17.1 Å². The molecule has 1 fully saturated rings. The maximum Gasteiger partial charge on any atom is 0.165 e. The Balaban J connectivity index is 2.23. The molecule has 1 saturated carbocycles. The van der Waals surface area contributed by atoms with Crippen molar-refractivity contribution in [2.24, 2.45) is 5.92 Å². The molecule has 0 unspecified atom stereocenters.